The average Bonchev–Trinajstić information content (AvgIpc) is 2.40. The van der Waals surface area contributed by atoms with Gasteiger partial charge in [0.2, 0.25) is 0 Å². The first-order valence-corrected chi connectivity index (χ1v) is 6.05. The van der Waals surface area contributed by atoms with Crippen LogP contribution in [0.5, 0.6) is 0 Å². The van der Waals surface area contributed by atoms with Crippen molar-refractivity contribution in [2.75, 3.05) is 11.4 Å². The molecule has 0 unspecified atom stereocenters. The molecule has 1 aliphatic heterocycles. The highest BCUT2D eigenvalue weighted by Crippen LogP contribution is 2.26. The molecular formula is C13H20BN. The van der Waals surface area contributed by atoms with Crippen LogP contribution < -0.4 is 10.4 Å². The first-order chi connectivity index (χ1) is 7.20. The van der Waals surface area contributed by atoms with Crippen LogP contribution in [-0.4, -0.2) is 20.4 Å². The fourth-order valence-electron chi connectivity index (χ4n) is 2.52. The van der Waals surface area contributed by atoms with Crippen LogP contribution in [0.4, 0.5) is 5.69 Å². The molecule has 15 heavy (non-hydrogen) atoms. The summed E-state index contributed by atoms with van der Waals surface area (Å²) in [5.74, 6) is 0. The van der Waals surface area contributed by atoms with Gasteiger partial charge in [-0.2, -0.15) is 0 Å². The van der Waals surface area contributed by atoms with Gasteiger partial charge in [0.15, 0.2) is 0 Å². The summed E-state index contributed by atoms with van der Waals surface area (Å²) < 4.78 is 0. The van der Waals surface area contributed by atoms with E-state index < -0.39 is 0 Å². The van der Waals surface area contributed by atoms with Gasteiger partial charge in [-0.25, -0.2) is 0 Å². The van der Waals surface area contributed by atoms with Gasteiger partial charge in [0, 0.05) is 18.3 Å². The highest BCUT2D eigenvalue weighted by Gasteiger charge is 2.17. The molecule has 1 nitrogen and oxygen atoms in total. The van der Waals surface area contributed by atoms with Crippen molar-refractivity contribution in [1.82, 2.24) is 0 Å². The zero-order valence-electron chi connectivity index (χ0n) is 10.1. The van der Waals surface area contributed by atoms with Crippen LogP contribution in [0.3, 0.4) is 0 Å². The Kier molecular flexibility index (Phi) is 3.04. The van der Waals surface area contributed by atoms with Crippen molar-refractivity contribution in [3.63, 3.8) is 0 Å². The van der Waals surface area contributed by atoms with Crippen LogP contribution in [0.25, 0.3) is 0 Å². The second kappa shape index (κ2) is 4.30. The molecular weight excluding hydrogens is 181 g/mol. The molecule has 0 spiro atoms. The highest BCUT2D eigenvalue weighted by molar-refractivity contribution is 6.33. The lowest BCUT2D eigenvalue weighted by Gasteiger charge is -2.29. The fraction of sp³-hybridized carbons (Fsp3) is 0.538. The Morgan fingerprint density at radius 3 is 2.80 bits per heavy atom. The maximum Gasteiger partial charge on any atom is 0.139 e. The minimum atomic E-state index is 0.614. The van der Waals surface area contributed by atoms with Crippen LogP contribution in [0, 0.1) is 0 Å². The number of hydrogen-bond acceptors (Lipinski definition) is 1. The smallest absolute Gasteiger partial charge is 0.139 e. The topological polar surface area (TPSA) is 3.24 Å². The number of rotatable bonds is 1. The molecule has 0 aromatic heterocycles. The van der Waals surface area contributed by atoms with Crippen LogP contribution in [0.15, 0.2) is 18.2 Å². The van der Waals surface area contributed by atoms with E-state index in [4.69, 9.17) is 0 Å². The summed E-state index contributed by atoms with van der Waals surface area (Å²) in [6.45, 7) is 5.79. The van der Waals surface area contributed by atoms with Crippen molar-refractivity contribution >= 4 is 19.0 Å². The van der Waals surface area contributed by atoms with E-state index in [0.717, 1.165) is 0 Å². The summed E-state index contributed by atoms with van der Waals surface area (Å²) in [5.41, 5.74) is 4.51. The quantitative estimate of drug-likeness (QED) is 0.622. The van der Waals surface area contributed by atoms with Crippen molar-refractivity contribution in [2.24, 2.45) is 0 Å². The number of nitrogens with zero attached hydrogens (tertiary/aromatic N) is 1. The van der Waals surface area contributed by atoms with Gasteiger partial charge in [0.1, 0.15) is 7.85 Å². The number of fused-ring (bicyclic) bond motifs is 1. The summed E-state index contributed by atoms with van der Waals surface area (Å²) in [5, 5.41) is 0. The van der Waals surface area contributed by atoms with E-state index in [1.165, 1.54) is 37.0 Å². The summed E-state index contributed by atoms with van der Waals surface area (Å²) >= 11 is 0. The van der Waals surface area contributed by atoms with Crippen molar-refractivity contribution in [3.05, 3.63) is 23.8 Å². The Balaban J connectivity index is 2.45. The Hall–Kier alpha value is -0.915. The molecule has 0 saturated carbocycles. The maximum absolute atomic E-state index is 2.55. The van der Waals surface area contributed by atoms with Gasteiger partial charge in [0.05, 0.1) is 0 Å². The van der Waals surface area contributed by atoms with Crippen molar-refractivity contribution < 1.29 is 0 Å². The molecule has 0 saturated heterocycles. The van der Waals surface area contributed by atoms with Gasteiger partial charge < -0.3 is 4.90 Å². The zero-order valence-corrected chi connectivity index (χ0v) is 10.1. The lowest BCUT2D eigenvalue weighted by molar-refractivity contribution is 0.652. The van der Waals surface area contributed by atoms with E-state index in [0.29, 0.717) is 6.04 Å². The number of benzene rings is 1. The van der Waals surface area contributed by atoms with Crippen molar-refractivity contribution in [2.45, 2.75) is 39.2 Å². The standard InChI is InChI=1S/C13H20BN/c1-10(2)15-9-4-3-6-11-12(14)7-5-8-13(11)15/h5,7-8,10H,3-4,6,9,14H2,1-2H3. The summed E-state index contributed by atoms with van der Waals surface area (Å²) in [6, 6.07) is 7.33. The molecule has 0 bridgehead atoms. The highest BCUT2D eigenvalue weighted by atomic mass is 15.2. The minimum absolute atomic E-state index is 0.614. The molecule has 0 radical (unpaired) electrons. The van der Waals surface area contributed by atoms with E-state index in [9.17, 15) is 0 Å². The molecule has 0 fully saturated rings. The lowest BCUT2D eigenvalue weighted by Crippen LogP contribution is -2.32. The zero-order chi connectivity index (χ0) is 10.8. The van der Waals surface area contributed by atoms with E-state index in [-0.39, 0.29) is 0 Å². The third-order valence-corrected chi connectivity index (χ3v) is 3.39. The second-order valence-corrected chi connectivity index (χ2v) is 4.82. The summed E-state index contributed by atoms with van der Waals surface area (Å²) in [7, 11) is 2.24. The first-order valence-electron chi connectivity index (χ1n) is 6.05. The summed E-state index contributed by atoms with van der Waals surface area (Å²) in [6.07, 6.45) is 3.92. The van der Waals surface area contributed by atoms with Crippen molar-refractivity contribution in [3.8, 4) is 0 Å². The van der Waals surface area contributed by atoms with Crippen LogP contribution in [-0.2, 0) is 6.42 Å². The molecule has 1 heterocycles. The SMILES string of the molecule is Bc1cccc2c1CCCCN2C(C)C. The molecule has 80 valence electrons. The molecule has 1 aromatic rings. The molecule has 2 heteroatoms. The van der Waals surface area contributed by atoms with Gasteiger partial charge in [0.25, 0.3) is 0 Å². The van der Waals surface area contributed by atoms with E-state index in [2.05, 4.69) is 44.8 Å². The molecule has 0 amide bonds. The van der Waals surface area contributed by atoms with Crippen LogP contribution in [0.2, 0.25) is 0 Å². The normalized spacial score (nSPS) is 16.3. The third kappa shape index (κ3) is 2.04. The van der Waals surface area contributed by atoms with Gasteiger partial charge in [-0.15, -0.1) is 0 Å². The third-order valence-electron chi connectivity index (χ3n) is 3.39. The predicted molar refractivity (Wildman–Crippen MR) is 70.0 cm³/mol. The van der Waals surface area contributed by atoms with Gasteiger partial charge in [-0.05, 0) is 44.7 Å². The van der Waals surface area contributed by atoms with E-state index >= 15 is 0 Å². The molecule has 1 aromatic carbocycles. The second-order valence-electron chi connectivity index (χ2n) is 4.82. The first kappa shape index (κ1) is 10.6. The van der Waals surface area contributed by atoms with Gasteiger partial charge in [-0.1, -0.05) is 17.6 Å². The Bertz CT molecular complexity index is 346. The summed E-state index contributed by atoms with van der Waals surface area (Å²) in [4.78, 5) is 2.55. The number of hydrogen-bond donors (Lipinski definition) is 0. The predicted octanol–water partition coefficient (Wildman–Crippen LogP) is 1.50. The molecule has 0 N–H and O–H groups in total. The Morgan fingerprint density at radius 1 is 1.27 bits per heavy atom. The molecule has 2 rings (SSSR count). The molecule has 0 atom stereocenters. The van der Waals surface area contributed by atoms with E-state index in [1.807, 2.05) is 0 Å². The monoisotopic (exact) mass is 201 g/mol. The lowest BCUT2D eigenvalue weighted by atomic mass is 9.87. The van der Waals surface area contributed by atoms with Crippen LogP contribution >= 0.6 is 0 Å². The molecule has 1 aliphatic rings. The van der Waals surface area contributed by atoms with Gasteiger partial charge in [-0.3, -0.25) is 0 Å². The van der Waals surface area contributed by atoms with Crippen LogP contribution in [0.1, 0.15) is 32.3 Å². The molecule has 0 aliphatic carbocycles. The van der Waals surface area contributed by atoms with E-state index in [1.54, 1.807) is 5.56 Å². The van der Waals surface area contributed by atoms with Crippen molar-refractivity contribution in [1.29, 1.82) is 0 Å². The minimum Gasteiger partial charge on any atom is -0.369 e. The maximum atomic E-state index is 2.55. The Morgan fingerprint density at radius 2 is 2.07 bits per heavy atom. The fourth-order valence-corrected chi connectivity index (χ4v) is 2.52. The Labute approximate surface area is 93.9 Å². The number of anilines is 1. The van der Waals surface area contributed by atoms with Gasteiger partial charge >= 0.3 is 0 Å². The largest absolute Gasteiger partial charge is 0.369 e. The average molecular weight is 201 g/mol.